The molecule has 0 bridgehead atoms. The van der Waals surface area contributed by atoms with Crippen LogP contribution >= 0.6 is 0 Å². The number of carbonyl (C=O) groups is 1. The molecule has 3 atom stereocenters. The summed E-state index contributed by atoms with van der Waals surface area (Å²) >= 11 is 0. The number of amides is 1. The van der Waals surface area contributed by atoms with Gasteiger partial charge in [0.1, 0.15) is 18.7 Å². The first kappa shape index (κ1) is 27.3. The fourth-order valence-electron chi connectivity index (χ4n) is 5.07. The zero-order chi connectivity index (χ0) is 27.1. The standard InChI is InChI=1S/C29H39N7O2/c1-29(2,3)27(36(26(38)16-32-33-20-30)18-23-14-31-15-25(23)37)28-34-24(22-12-8-5-9-13-22)19-35(28)17-21-10-6-4-7-11-21/h4-13,19-20,23,25,27,31-32,37H,14-18H2,1-3H3,(H2,30,33)/t23-,25+,27-/m0/s1. The molecule has 2 heterocycles. The van der Waals surface area contributed by atoms with Crippen LogP contribution in [0.1, 0.15) is 38.2 Å². The molecule has 0 unspecified atom stereocenters. The number of hydrogen-bond donors (Lipinski definition) is 4. The second-order valence-electron chi connectivity index (χ2n) is 10.9. The Balaban J connectivity index is 1.81. The number of imidazole rings is 1. The number of aliphatic hydroxyl groups is 1. The second-order valence-corrected chi connectivity index (χ2v) is 10.9. The van der Waals surface area contributed by atoms with Crippen LogP contribution in [-0.2, 0) is 11.3 Å². The van der Waals surface area contributed by atoms with E-state index in [0.717, 1.165) is 29.0 Å². The van der Waals surface area contributed by atoms with Crippen molar-refractivity contribution in [2.75, 3.05) is 26.2 Å². The molecule has 9 nitrogen and oxygen atoms in total. The lowest BCUT2D eigenvalue weighted by Crippen LogP contribution is -2.48. The number of β-amino-alcohol motifs (C(OH)–C–C–N with tert-alkyl or cyclic N) is 1. The fourth-order valence-corrected chi connectivity index (χ4v) is 5.07. The predicted octanol–water partition coefficient (Wildman–Crippen LogP) is 2.59. The highest BCUT2D eigenvalue weighted by molar-refractivity contribution is 5.79. The Hall–Kier alpha value is -3.69. The Kier molecular flexibility index (Phi) is 8.81. The van der Waals surface area contributed by atoms with Crippen molar-refractivity contribution < 1.29 is 9.90 Å². The minimum absolute atomic E-state index is 0.0124. The minimum atomic E-state index is -0.523. The summed E-state index contributed by atoms with van der Waals surface area (Å²) < 4.78 is 2.16. The van der Waals surface area contributed by atoms with Crippen molar-refractivity contribution in [3.63, 3.8) is 0 Å². The molecular formula is C29H39N7O2. The number of benzene rings is 2. The van der Waals surface area contributed by atoms with E-state index in [1.54, 1.807) is 0 Å². The number of rotatable bonds is 10. The summed E-state index contributed by atoms with van der Waals surface area (Å²) in [5, 5.41) is 17.7. The van der Waals surface area contributed by atoms with Gasteiger partial charge in [-0.15, -0.1) is 0 Å². The number of nitrogens with two attached hydrogens (primary N) is 1. The topological polar surface area (TPSA) is 121 Å². The summed E-state index contributed by atoms with van der Waals surface area (Å²) in [7, 11) is 0. The van der Waals surface area contributed by atoms with Gasteiger partial charge in [-0.2, -0.15) is 5.10 Å². The van der Waals surface area contributed by atoms with E-state index in [9.17, 15) is 9.90 Å². The first-order chi connectivity index (χ1) is 18.3. The highest BCUT2D eigenvalue weighted by Crippen LogP contribution is 2.39. The normalized spacial score (nSPS) is 18.5. The Bertz CT molecular complexity index is 1200. The van der Waals surface area contributed by atoms with E-state index in [2.05, 4.69) is 59.5 Å². The number of nitrogens with zero attached hydrogens (tertiary/aromatic N) is 4. The number of nitrogens with one attached hydrogen (secondary N) is 2. The van der Waals surface area contributed by atoms with Gasteiger partial charge in [-0.1, -0.05) is 81.4 Å². The van der Waals surface area contributed by atoms with Crippen molar-refractivity contribution in [2.24, 2.45) is 22.2 Å². The molecule has 1 aliphatic heterocycles. The van der Waals surface area contributed by atoms with E-state index in [0.29, 0.717) is 26.2 Å². The molecule has 202 valence electrons. The van der Waals surface area contributed by atoms with Gasteiger partial charge in [0.25, 0.3) is 0 Å². The van der Waals surface area contributed by atoms with Gasteiger partial charge in [0, 0.05) is 43.9 Å². The molecule has 1 amide bonds. The number of aromatic nitrogens is 2. The van der Waals surface area contributed by atoms with E-state index >= 15 is 0 Å². The molecule has 4 rings (SSSR count). The van der Waals surface area contributed by atoms with Crippen molar-refractivity contribution in [3.05, 3.63) is 78.2 Å². The lowest BCUT2D eigenvalue weighted by Gasteiger charge is -2.41. The summed E-state index contributed by atoms with van der Waals surface area (Å²) in [6, 6.07) is 20.0. The molecular weight excluding hydrogens is 478 g/mol. The summed E-state index contributed by atoms with van der Waals surface area (Å²) in [4.78, 5) is 20.7. The molecule has 1 fully saturated rings. The quantitative estimate of drug-likeness (QED) is 0.186. The SMILES string of the molecule is CC(C)(C)[C@H](c1nc(-c2ccccc2)cn1Cc1ccccc1)N(C[C@@H]1CNC[C@H]1O)C(=O)CN/N=C\N. The minimum Gasteiger partial charge on any atom is -0.391 e. The second kappa shape index (κ2) is 12.2. The van der Waals surface area contributed by atoms with Crippen molar-refractivity contribution >= 4 is 12.2 Å². The maximum absolute atomic E-state index is 13.7. The molecule has 38 heavy (non-hydrogen) atoms. The first-order valence-electron chi connectivity index (χ1n) is 13.1. The highest BCUT2D eigenvalue weighted by Gasteiger charge is 2.40. The van der Waals surface area contributed by atoms with Crippen LogP contribution in [0.3, 0.4) is 0 Å². The van der Waals surface area contributed by atoms with Gasteiger partial charge in [-0.05, 0) is 11.0 Å². The van der Waals surface area contributed by atoms with Crippen LogP contribution in [0.5, 0.6) is 0 Å². The number of carbonyl (C=O) groups excluding carboxylic acids is 1. The zero-order valence-electron chi connectivity index (χ0n) is 22.4. The maximum Gasteiger partial charge on any atom is 0.244 e. The van der Waals surface area contributed by atoms with Crippen molar-refractivity contribution in [1.82, 2.24) is 25.2 Å². The van der Waals surface area contributed by atoms with Gasteiger partial charge in [0.2, 0.25) is 5.91 Å². The average molecular weight is 518 g/mol. The molecule has 0 spiro atoms. The van der Waals surface area contributed by atoms with Gasteiger partial charge < -0.3 is 25.6 Å². The number of hydrazone groups is 1. The molecule has 5 N–H and O–H groups in total. The van der Waals surface area contributed by atoms with Crippen LogP contribution in [0.15, 0.2) is 72.0 Å². The molecule has 2 aromatic carbocycles. The van der Waals surface area contributed by atoms with E-state index in [-0.39, 0.29) is 29.8 Å². The number of aliphatic hydroxyl groups excluding tert-OH is 1. The Morgan fingerprint density at radius 2 is 1.89 bits per heavy atom. The molecule has 9 heteroatoms. The molecule has 0 saturated carbocycles. The van der Waals surface area contributed by atoms with E-state index in [4.69, 9.17) is 10.7 Å². The maximum atomic E-state index is 13.7. The van der Waals surface area contributed by atoms with Gasteiger partial charge in [-0.3, -0.25) is 10.2 Å². The molecule has 0 aliphatic carbocycles. The Labute approximate surface area is 224 Å². The van der Waals surface area contributed by atoms with Gasteiger partial charge in [0.15, 0.2) is 0 Å². The lowest BCUT2D eigenvalue weighted by molar-refractivity contribution is -0.137. The predicted molar refractivity (Wildman–Crippen MR) is 150 cm³/mol. The summed E-state index contributed by atoms with van der Waals surface area (Å²) in [6.07, 6.45) is 2.68. The third kappa shape index (κ3) is 6.59. The van der Waals surface area contributed by atoms with Crippen LogP contribution in [-0.4, -0.2) is 64.1 Å². The van der Waals surface area contributed by atoms with Gasteiger partial charge in [0.05, 0.1) is 17.8 Å². The highest BCUT2D eigenvalue weighted by atomic mass is 16.3. The van der Waals surface area contributed by atoms with E-state index in [1.165, 1.54) is 0 Å². The van der Waals surface area contributed by atoms with Crippen molar-refractivity contribution in [2.45, 2.75) is 39.5 Å². The zero-order valence-corrected chi connectivity index (χ0v) is 22.4. The Morgan fingerprint density at radius 3 is 2.50 bits per heavy atom. The van der Waals surface area contributed by atoms with Crippen LogP contribution in [0.2, 0.25) is 0 Å². The van der Waals surface area contributed by atoms with E-state index in [1.807, 2.05) is 53.4 Å². The summed E-state index contributed by atoms with van der Waals surface area (Å²) in [5.41, 5.74) is 10.8. The number of hydrogen-bond acceptors (Lipinski definition) is 6. The molecule has 0 radical (unpaired) electrons. The van der Waals surface area contributed by atoms with Crippen LogP contribution < -0.4 is 16.5 Å². The molecule has 1 aromatic heterocycles. The average Bonchev–Trinajstić information content (AvgIpc) is 3.50. The smallest absolute Gasteiger partial charge is 0.244 e. The fraction of sp³-hybridized carbons (Fsp3) is 0.414. The van der Waals surface area contributed by atoms with E-state index < -0.39 is 6.10 Å². The molecule has 1 saturated heterocycles. The van der Waals surface area contributed by atoms with Crippen molar-refractivity contribution in [1.29, 1.82) is 0 Å². The van der Waals surface area contributed by atoms with Crippen LogP contribution in [0.25, 0.3) is 11.3 Å². The molecule has 3 aromatic rings. The summed E-state index contributed by atoms with van der Waals surface area (Å²) in [6.45, 7) is 8.52. The monoisotopic (exact) mass is 517 g/mol. The third-order valence-corrected chi connectivity index (χ3v) is 6.90. The lowest BCUT2D eigenvalue weighted by atomic mass is 9.84. The first-order valence-corrected chi connectivity index (χ1v) is 13.1. The third-order valence-electron chi connectivity index (χ3n) is 6.90. The van der Waals surface area contributed by atoms with Gasteiger partial charge >= 0.3 is 0 Å². The summed E-state index contributed by atoms with van der Waals surface area (Å²) in [5.74, 6) is 0.578. The van der Waals surface area contributed by atoms with Crippen LogP contribution in [0.4, 0.5) is 0 Å². The largest absolute Gasteiger partial charge is 0.391 e. The molecule has 1 aliphatic rings. The Morgan fingerprint density at radius 1 is 1.21 bits per heavy atom. The van der Waals surface area contributed by atoms with Crippen molar-refractivity contribution in [3.8, 4) is 11.3 Å². The van der Waals surface area contributed by atoms with Gasteiger partial charge in [-0.25, -0.2) is 4.98 Å². The van der Waals surface area contributed by atoms with Crippen LogP contribution in [0, 0.1) is 11.3 Å².